The molecule has 1 aromatic heterocycles. The van der Waals surface area contributed by atoms with E-state index >= 15 is 0 Å². The third-order valence-corrected chi connectivity index (χ3v) is 3.21. The van der Waals surface area contributed by atoms with Crippen LogP contribution in [0.3, 0.4) is 0 Å². The van der Waals surface area contributed by atoms with Crippen LogP contribution in [0.1, 0.15) is 0 Å². The van der Waals surface area contributed by atoms with E-state index in [1.54, 1.807) is 0 Å². The molecule has 3 nitrogen and oxygen atoms in total. The van der Waals surface area contributed by atoms with Gasteiger partial charge in [0.2, 0.25) is 0 Å². The van der Waals surface area contributed by atoms with Crippen molar-refractivity contribution in [3.8, 4) is 0 Å². The summed E-state index contributed by atoms with van der Waals surface area (Å²) in [5.74, 6) is 0. The third kappa shape index (κ3) is 1.18. The lowest BCUT2D eigenvalue weighted by molar-refractivity contribution is 0.959. The van der Waals surface area contributed by atoms with Crippen molar-refractivity contribution in [3.63, 3.8) is 0 Å². The number of hydrogen-bond donors (Lipinski definition) is 1. The number of H-pyrrole nitrogens is 1. The van der Waals surface area contributed by atoms with E-state index in [9.17, 15) is 0 Å². The van der Waals surface area contributed by atoms with Gasteiger partial charge in [0.15, 0.2) is 0 Å². The van der Waals surface area contributed by atoms with E-state index < -0.39 is 0 Å². The Kier molecular flexibility index (Phi) is 1.69. The summed E-state index contributed by atoms with van der Waals surface area (Å²) in [5.41, 5.74) is 1.79. The van der Waals surface area contributed by atoms with Crippen LogP contribution in [0.15, 0.2) is 21.1 Å². The fourth-order valence-corrected chi connectivity index (χ4v) is 1.52. The minimum atomic E-state index is 0.861. The first-order valence-corrected chi connectivity index (χ1v) is 4.52. The largest absolute Gasteiger partial charge is 0.258 e. The molecule has 0 spiro atoms. The summed E-state index contributed by atoms with van der Waals surface area (Å²) >= 11 is 6.75. The van der Waals surface area contributed by atoms with Gasteiger partial charge >= 0.3 is 0 Å². The lowest BCUT2D eigenvalue weighted by atomic mass is 10.3. The number of fused-ring (bicyclic) bond motifs is 1. The lowest BCUT2D eigenvalue weighted by Crippen LogP contribution is -1.71. The van der Waals surface area contributed by atoms with E-state index in [0.717, 1.165) is 20.0 Å². The van der Waals surface area contributed by atoms with Gasteiger partial charge in [-0.1, -0.05) is 5.21 Å². The van der Waals surface area contributed by atoms with Gasteiger partial charge in [-0.25, -0.2) is 0 Å². The van der Waals surface area contributed by atoms with E-state index in [1.165, 1.54) is 0 Å². The summed E-state index contributed by atoms with van der Waals surface area (Å²) in [6.45, 7) is 0. The maximum atomic E-state index is 3.86. The molecule has 0 radical (unpaired) electrons. The van der Waals surface area contributed by atoms with Gasteiger partial charge in [0, 0.05) is 8.95 Å². The first-order valence-electron chi connectivity index (χ1n) is 2.93. The monoisotopic (exact) mass is 275 g/mol. The number of nitrogens with zero attached hydrogens (tertiary/aromatic N) is 2. The van der Waals surface area contributed by atoms with Gasteiger partial charge in [0.05, 0.1) is 5.52 Å². The van der Waals surface area contributed by atoms with Crippen LogP contribution in [0, 0.1) is 0 Å². The van der Waals surface area contributed by atoms with Crippen LogP contribution in [0.5, 0.6) is 0 Å². The highest BCUT2D eigenvalue weighted by Crippen LogP contribution is 2.26. The van der Waals surface area contributed by atoms with Crippen molar-refractivity contribution in [2.24, 2.45) is 0 Å². The zero-order valence-corrected chi connectivity index (χ0v) is 8.48. The van der Waals surface area contributed by atoms with Crippen LogP contribution in [-0.2, 0) is 0 Å². The second-order valence-electron chi connectivity index (χ2n) is 2.10. The number of nitrogens with one attached hydrogen (secondary N) is 1. The van der Waals surface area contributed by atoms with E-state index in [2.05, 4.69) is 47.3 Å². The van der Waals surface area contributed by atoms with Crippen molar-refractivity contribution in [1.29, 1.82) is 0 Å². The van der Waals surface area contributed by atoms with Crippen molar-refractivity contribution in [3.05, 3.63) is 21.1 Å². The Morgan fingerprint density at radius 3 is 2.73 bits per heavy atom. The number of halogens is 2. The van der Waals surface area contributed by atoms with Crippen molar-refractivity contribution in [1.82, 2.24) is 15.4 Å². The maximum absolute atomic E-state index is 3.86. The van der Waals surface area contributed by atoms with E-state index in [-0.39, 0.29) is 0 Å². The molecule has 1 N–H and O–H groups in total. The third-order valence-electron chi connectivity index (χ3n) is 1.37. The molecule has 0 saturated carbocycles. The van der Waals surface area contributed by atoms with Crippen LogP contribution in [-0.4, -0.2) is 15.4 Å². The van der Waals surface area contributed by atoms with Gasteiger partial charge in [-0.15, -0.1) is 5.10 Å². The molecule has 0 atom stereocenters. The van der Waals surface area contributed by atoms with E-state index in [1.807, 2.05) is 12.1 Å². The molecule has 56 valence electrons. The quantitative estimate of drug-likeness (QED) is 0.803. The highest BCUT2D eigenvalue weighted by Gasteiger charge is 2.01. The van der Waals surface area contributed by atoms with Gasteiger partial charge in [0.1, 0.15) is 5.52 Å². The van der Waals surface area contributed by atoms with Gasteiger partial charge in [-0.3, -0.25) is 5.10 Å². The van der Waals surface area contributed by atoms with Crippen LogP contribution >= 0.6 is 31.9 Å². The minimum Gasteiger partial charge on any atom is -0.258 e. The number of aromatic nitrogens is 3. The molecule has 0 aliphatic carbocycles. The Labute approximate surface area is 79.4 Å². The Morgan fingerprint density at radius 2 is 1.91 bits per heavy atom. The van der Waals surface area contributed by atoms with Crippen molar-refractivity contribution in [2.75, 3.05) is 0 Å². The van der Waals surface area contributed by atoms with E-state index in [0.29, 0.717) is 0 Å². The summed E-state index contributed by atoms with van der Waals surface area (Å²) in [6, 6.07) is 3.84. The fraction of sp³-hybridized carbons (Fsp3) is 0. The van der Waals surface area contributed by atoms with E-state index in [4.69, 9.17) is 0 Å². The van der Waals surface area contributed by atoms with Crippen LogP contribution in [0.2, 0.25) is 0 Å². The summed E-state index contributed by atoms with van der Waals surface area (Å²) in [5, 5.41) is 10.3. The molecule has 0 aliphatic heterocycles. The second-order valence-corrected chi connectivity index (χ2v) is 3.80. The molecule has 0 aliphatic rings. The molecule has 1 aromatic carbocycles. The Morgan fingerprint density at radius 1 is 1.18 bits per heavy atom. The summed E-state index contributed by atoms with van der Waals surface area (Å²) < 4.78 is 1.98. The average Bonchev–Trinajstić information content (AvgIpc) is 2.36. The molecule has 0 amide bonds. The minimum absolute atomic E-state index is 0.861. The molecule has 2 rings (SSSR count). The van der Waals surface area contributed by atoms with Crippen molar-refractivity contribution in [2.45, 2.75) is 0 Å². The standard InChI is InChI=1S/C6H3Br2N3/c7-3-1-5-6(2-4(3)8)10-11-9-5/h1-2H,(H,9,10,11). The van der Waals surface area contributed by atoms with Gasteiger partial charge in [-0.05, 0) is 44.0 Å². The highest BCUT2D eigenvalue weighted by atomic mass is 79.9. The number of rotatable bonds is 0. The number of benzene rings is 1. The molecular weight excluding hydrogens is 274 g/mol. The van der Waals surface area contributed by atoms with Crippen LogP contribution in [0.4, 0.5) is 0 Å². The van der Waals surface area contributed by atoms with Gasteiger partial charge < -0.3 is 0 Å². The highest BCUT2D eigenvalue weighted by molar-refractivity contribution is 9.13. The predicted octanol–water partition coefficient (Wildman–Crippen LogP) is 2.48. The molecule has 5 heteroatoms. The van der Waals surface area contributed by atoms with Crippen molar-refractivity contribution < 1.29 is 0 Å². The summed E-state index contributed by atoms with van der Waals surface area (Å²) in [6.07, 6.45) is 0. The molecule has 0 unspecified atom stereocenters. The molecular formula is C6H3Br2N3. The summed E-state index contributed by atoms with van der Waals surface area (Å²) in [4.78, 5) is 0. The molecule has 11 heavy (non-hydrogen) atoms. The van der Waals surface area contributed by atoms with Crippen LogP contribution < -0.4 is 0 Å². The zero-order chi connectivity index (χ0) is 7.84. The summed E-state index contributed by atoms with van der Waals surface area (Å²) in [7, 11) is 0. The van der Waals surface area contributed by atoms with Crippen LogP contribution in [0.25, 0.3) is 11.0 Å². The number of aromatic amines is 1. The fourth-order valence-electron chi connectivity index (χ4n) is 0.841. The zero-order valence-electron chi connectivity index (χ0n) is 5.31. The maximum Gasteiger partial charge on any atom is 0.114 e. The molecule has 0 bridgehead atoms. The SMILES string of the molecule is Brc1cc2nn[nH]c2cc1Br. The molecule has 2 aromatic rings. The average molecular weight is 277 g/mol. The normalized spacial score (nSPS) is 10.7. The van der Waals surface area contributed by atoms with Crippen molar-refractivity contribution >= 4 is 42.9 Å². The lowest BCUT2D eigenvalue weighted by Gasteiger charge is -1.92. The van der Waals surface area contributed by atoms with Gasteiger partial charge in [0.25, 0.3) is 0 Å². The Hall–Kier alpha value is -0.420. The predicted molar refractivity (Wildman–Crippen MR) is 49.3 cm³/mol. The second kappa shape index (κ2) is 2.57. The first kappa shape index (κ1) is 7.24. The molecule has 1 heterocycles. The molecule has 0 fully saturated rings. The smallest absolute Gasteiger partial charge is 0.114 e. The first-order chi connectivity index (χ1) is 5.27. The molecule has 0 saturated heterocycles. The Bertz CT molecular complexity index is 360. The Balaban J connectivity index is 2.86. The van der Waals surface area contributed by atoms with Gasteiger partial charge in [-0.2, -0.15) is 0 Å². The topological polar surface area (TPSA) is 41.6 Å². The number of hydrogen-bond acceptors (Lipinski definition) is 2.